The Hall–Kier alpha value is -3.24. The van der Waals surface area contributed by atoms with E-state index in [0.29, 0.717) is 11.1 Å². The van der Waals surface area contributed by atoms with Gasteiger partial charge < -0.3 is 0 Å². The minimum atomic E-state index is -0.241. The molecule has 0 saturated heterocycles. The summed E-state index contributed by atoms with van der Waals surface area (Å²) >= 11 is 0. The molecule has 2 amide bonds. The summed E-state index contributed by atoms with van der Waals surface area (Å²) in [6, 6.07) is 27.2. The zero-order chi connectivity index (χ0) is 18.6. The van der Waals surface area contributed by atoms with Crippen molar-refractivity contribution in [3.8, 4) is 0 Å². The average Bonchev–Trinajstić information content (AvgIpc) is 2.97. The third kappa shape index (κ3) is 3.52. The number of imide groups is 1. The standard InChI is InChI=1S/C23H20N2O2/c26-22-19-13-7-8-14-20(19)23(27)25(22)16-24-21(18-11-5-2-6-12-18)15-17-9-3-1-4-10-17/h1-14,21,24H,15-16H2/t21-/m1/s1. The molecule has 1 N–H and O–H groups in total. The van der Waals surface area contributed by atoms with Gasteiger partial charge in [-0.05, 0) is 29.7 Å². The second-order valence-corrected chi connectivity index (χ2v) is 6.60. The molecule has 3 aromatic carbocycles. The maximum absolute atomic E-state index is 12.6. The Morgan fingerprint density at radius 1 is 0.704 bits per heavy atom. The van der Waals surface area contributed by atoms with Crippen molar-refractivity contribution < 1.29 is 9.59 Å². The second kappa shape index (κ2) is 7.56. The summed E-state index contributed by atoms with van der Waals surface area (Å²) in [5, 5.41) is 3.41. The van der Waals surface area contributed by atoms with Crippen LogP contribution in [0, 0.1) is 0 Å². The van der Waals surface area contributed by atoms with Crippen LogP contribution < -0.4 is 5.32 Å². The number of rotatable bonds is 6. The van der Waals surface area contributed by atoms with Crippen molar-refractivity contribution in [1.29, 1.82) is 0 Å². The van der Waals surface area contributed by atoms with Gasteiger partial charge in [0.15, 0.2) is 0 Å². The van der Waals surface area contributed by atoms with Crippen LogP contribution in [0.5, 0.6) is 0 Å². The van der Waals surface area contributed by atoms with Crippen LogP contribution in [-0.4, -0.2) is 23.4 Å². The summed E-state index contributed by atoms with van der Waals surface area (Å²) < 4.78 is 0. The molecule has 27 heavy (non-hydrogen) atoms. The monoisotopic (exact) mass is 356 g/mol. The number of benzene rings is 3. The van der Waals surface area contributed by atoms with Crippen LogP contribution in [0.25, 0.3) is 0 Å². The lowest BCUT2D eigenvalue weighted by molar-refractivity contribution is 0.0636. The summed E-state index contributed by atoms with van der Waals surface area (Å²) in [6.45, 7) is 0.179. The summed E-state index contributed by atoms with van der Waals surface area (Å²) in [5.41, 5.74) is 3.27. The molecule has 0 fully saturated rings. The number of hydrogen-bond acceptors (Lipinski definition) is 3. The Morgan fingerprint density at radius 2 is 1.22 bits per heavy atom. The van der Waals surface area contributed by atoms with Gasteiger partial charge in [0, 0.05) is 6.04 Å². The third-order valence-electron chi connectivity index (χ3n) is 4.86. The van der Waals surface area contributed by atoms with Gasteiger partial charge in [0.1, 0.15) is 0 Å². The van der Waals surface area contributed by atoms with Gasteiger partial charge >= 0.3 is 0 Å². The molecule has 1 aliphatic rings. The molecule has 0 aromatic heterocycles. The normalized spacial score (nSPS) is 14.3. The topological polar surface area (TPSA) is 49.4 Å². The van der Waals surface area contributed by atoms with Crippen molar-refractivity contribution in [3.63, 3.8) is 0 Å². The largest absolute Gasteiger partial charge is 0.292 e. The van der Waals surface area contributed by atoms with Crippen molar-refractivity contribution in [2.75, 3.05) is 6.67 Å². The van der Waals surface area contributed by atoms with E-state index in [9.17, 15) is 9.59 Å². The molecule has 134 valence electrons. The number of amides is 2. The molecule has 0 aliphatic carbocycles. The van der Waals surface area contributed by atoms with Crippen molar-refractivity contribution in [2.45, 2.75) is 12.5 Å². The number of nitrogens with one attached hydrogen (secondary N) is 1. The Kier molecular flexibility index (Phi) is 4.81. The molecule has 1 aliphatic heterocycles. The molecule has 4 rings (SSSR count). The smallest absolute Gasteiger partial charge is 0.262 e. The molecule has 0 unspecified atom stereocenters. The maximum Gasteiger partial charge on any atom is 0.262 e. The number of carbonyl (C=O) groups is 2. The van der Waals surface area contributed by atoms with Crippen LogP contribution in [0.1, 0.15) is 37.9 Å². The molecule has 1 atom stereocenters. The van der Waals surface area contributed by atoms with Crippen LogP contribution in [0.2, 0.25) is 0 Å². The van der Waals surface area contributed by atoms with E-state index in [1.807, 2.05) is 36.4 Å². The molecule has 0 spiro atoms. The Morgan fingerprint density at radius 3 is 1.81 bits per heavy atom. The van der Waals surface area contributed by atoms with Crippen LogP contribution in [-0.2, 0) is 6.42 Å². The van der Waals surface area contributed by atoms with Gasteiger partial charge in [-0.2, -0.15) is 0 Å². The minimum absolute atomic E-state index is 0.00193. The van der Waals surface area contributed by atoms with E-state index < -0.39 is 0 Å². The maximum atomic E-state index is 12.6. The van der Waals surface area contributed by atoms with Gasteiger partial charge in [0.05, 0.1) is 17.8 Å². The van der Waals surface area contributed by atoms with Gasteiger partial charge in [0.25, 0.3) is 11.8 Å². The lowest BCUT2D eigenvalue weighted by Crippen LogP contribution is -2.40. The van der Waals surface area contributed by atoms with Crippen LogP contribution in [0.3, 0.4) is 0 Å². The van der Waals surface area contributed by atoms with E-state index in [0.717, 1.165) is 12.0 Å². The van der Waals surface area contributed by atoms with Crippen LogP contribution in [0.4, 0.5) is 0 Å². The van der Waals surface area contributed by atoms with Gasteiger partial charge in [-0.25, -0.2) is 0 Å². The van der Waals surface area contributed by atoms with E-state index in [-0.39, 0.29) is 24.5 Å². The van der Waals surface area contributed by atoms with Crippen molar-refractivity contribution in [2.24, 2.45) is 0 Å². The highest BCUT2D eigenvalue weighted by Gasteiger charge is 2.35. The molecule has 1 heterocycles. The van der Waals surface area contributed by atoms with E-state index in [1.165, 1.54) is 10.5 Å². The summed E-state index contributed by atoms with van der Waals surface area (Å²) in [7, 11) is 0. The highest BCUT2D eigenvalue weighted by Crippen LogP contribution is 2.23. The predicted molar refractivity (Wildman–Crippen MR) is 104 cm³/mol. The zero-order valence-electron chi connectivity index (χ0n) is 14.8. The first-order valence-corrected chi connectivity index (χ1v) is 9.01. The minimum Gasteiger partial charge on any atom is -0.292 e. The van der Waals surface area contributed by atoms with Gasteiger partial charge in [0.2, 0.25) is 0 Å². The number of hydrogen-bond donors (Lipinski definition) is 1. The quantitative estimate of drug-likeness (QED) is 0.683. The molecule has 0 radical (unpaired) electrons. The average molecular weight is 356 g/mol. The Bertz CT molecular complexity index is 919. The molecule has 0 bridgehead atoms. The molecule has 0 saturated carbocycles. The molecule has 4 nitrogen and oxygen atoms in total. The van der Waals surface area contributed by atoms with Gasteiger partial charge in [-0.1, -0.05) is 72.8 Å². The van der Waals surface area contributed by atoms with Gasteiger partial charge in [-0.3, -0.25) is 19.8 Å². The fraction of sp³-hybridized carbons (Fsp3) is 0.130. The SMILES string of the molecule is O=C1c2ccccc2C(=O)N1CN[C@H](Cc1ccccc1)c1ccccc1. The first-order chi connectivity index (χ1) is 13.2. The van der Waals surface area contributed by atoms with Gasteiger partial charge in [-0.15, -0.1) is 0 Å². The molecular formula is C23H20N2O2. The van der Waals surface area contributed by atoms with E-state index in [1.54, 1.807) is 24.3 Å². The van der Waals surface area contributed by atoms with Crippen molar-refractivity contribution >= 4 is 11.8 Å². The summed E-state index contributed by atoms with van der Waals surface area (Å²) in [4.78, 5) is 26.4. The lowest BCUT2D eigenvalue weighted by Gasteiger charge is -2.23. The van der Waals surface area contributed by atoms with Crippen molar-refractivity contribution in [1.82, 2.24) is 10.2 Å². The predicted octanol–water partition coefficient (Wildman–Crippen LogP) is 3.81. The Labute approximate surface area is 158 Å². The second-order valence-electron chi connectivity index (χ2n) is 6.60. The number of fused-ring (bicyclic) bond motifs is 1. The molecular weight excluding hydrogens is 336 g/mol. The highest BCUT2D eigenvalue weighted by atomic mass is 16.2. The van der Waals surface area contributed by atoms with Crippen LogP contribution >= 0.6 is 0 Å². The van der Waals surface area contributed by atoms with E-state index in [2.05, 4.69) is 29.6 Å². The fourth-order valence-corrected chi connectivity index (χ4v) is 3.43. The molecule has 3 aromatic rings. The lowest BCUT2D eigenvalue weighted by atomic mass is 9.99. The molecule has 4 heteroatoms. The first kappa shape index (κ1) is 17.2. The number of carbonyl (C=O) groups excluding carboxylic acids is 2. The first-order valence-electron chi connectivity index (χ1n) is 9.01. The highest BCUT2D eigenvalue weighted by molar-refractivity contribution is 6.21. The van der Waals surface area contributed by atoms with E-state index >= 15 is 0 Å². The van der Waals surface area contributed by atoms with Crippen molar-refractivity contribution in [3.05, 3.63) is 107 Å². The summed E-state index contributed by atoms with van der Waals surface area (Å²) in [5.74, 6) is -0.482. The van der Waals surface area contributed by atoms with E-state index in [4.69, 9.17) is 0 Å². The fourth-order valence-electron chi connectivity index (χ4n) is 3.43. The zero-order valence-corrected chi connectivity index (χ0v) is 14.8. The Balaban J connectivity index is 1.53. The third-order valence-corrected chi connectivity index (χ3v) is 4.86. The van der Waals surface area contributed by atoms with Crippen LogP contribution in [0.15, 0.2) is 84.9 Å². The number of nitrogens with zero attached hydrogens (tertiary/aromatic N) is 1. The summed E-state index contributed by atoms with van der Waals surface area (Å²) in [6.07, 6.45) is 0.772.